The molecule has 0 radical (unpaired) electrons. The summed E-state index contributed by atoms with van der Waals surface area (Å²) in [7, 11) is 0. The third kappa shape index (κ3) is 3.19. The molecule has 1 aromatic heterocycles. The number of nitrogens with zero attached hydrogens (tertiary/aromatic N) is 3. The van der Waals surface area contributed by atoms with Gasteiger partial charge in [0, 0.05) is 11.6 Å². The van der Waals surface area contributed by atoms with Crippen LogP contribution in [0.2, 0.25) is 0 Å². The molecule has 106 valence electrons. The van der Waals surface area contributed by atoms with Gasteiger partial charge in [-0.1, -0.05) is 37.7 Å². The van der Waals surface area contributed by atoms with Gasteiger partial charge in [0.15, 0.2) is 5.16 Å². The summed E-state index contributed by atoms with van der Waals surface area (Å²) >= 11 is 1.18. The van der Waals surface area contributed by atoms with Crippen molar-refractivity contribution >= 4 is 17.7 Å². The lowest BCUT2D eigenvalue weighted by Crippen LogP contribution is -2.06. The quantitative estimate of drug-likeness (QED) is 0.858. The number of hydrogen-bond acceptors (Lipinski definition) is 4. The van der Waals surface area contributed by atoms with Crippen molar-refractivity contribution in [3.05, 3.63) is 35.7 Å². The zero-order valence-corrected chi connectivity index (χ0v) is 12.5. The maximum absolute atomic E-state index is 10.7. The van der Waals surface area contributed by atoms with Crippen molar-refractivity contribution in [2.45, 2.75) is 31.8 Å². The van der Waals surface area contributed by atoms with E-state index in [1.165, 1.54) is 11.8 Å². The van der Waals surface area contributed by atoms with Gasteiger partial charge in [-0.15, -0.1) is 10.2 Å². The van der Waals surface area contributed by atoms with E-state index in [1.54, 1.807) is 0 Å². The highest BCUT2D eigenvalue weighted by atomic mass is 32.2. The van der Waals surface area contributed by atoms with Gasteiger partial charge in [-0.3, -0.25) is 9.36 Å². The number of aromatic nitrogens is 3. The molecule has 0 unspecified atom stereocenters. The Hall–Kier alpha value is -1.82. The van der Waals surface area contributed by atoms with Crippen LogP contribution in [0.5, 0.6) is 0 Å². The van der Waals surface area contributed by atoms with E-state index in [0.29, 0.717) is 5.16 Å². The smallest absolute Gasteiger partial charge is 0.313 e. The Morgan fingerprint density at radius 3 is 2.75 bits per heavy atom. The predicted octanol–water partition coefficient (Wildman–Crippen LogP) is 2.88. The second-order valence-electron chi connectivity index (χ2n) is 4.85. The summed E-state index contributed by atoms with van der Waals surface area (Å²) in [6, 6.07) is 8.01. The second-order valence-corrected chi connectivity index (χ2v) is 5.79. The van der Waals surface area contributed by atoms with Crippen molar-refractivity contribution in [3.63, 3.8) is 0 Å². The van der Waals surface area contributed by atoms with Crippen LogP contribution in [0, 0.1) is 6.92 Å². The Labute approximate surface area is 122 Å². The van der Waals surface area contributed by atoms with Crippen LogP contribution >= 0.6 is 11.8 Å². The molecule has 0 atom stereocenters. The molecular weight excluding hydrogens is 274 g/mol. The normalized spacial score (nSPS) is 11.0. The van der Waals surface area contributed by atoms with Gasteiger partial charge in [0.25, 0.3) is 0 Å². The molecule has 1 heterocycles. The van der Waals surface area contributed by atoms with Gasteiger partial charge in [-0.25, -0.2) is 0 Å². The van der Waals surface area contributed by atoms with E-state index in [9.17, 15) is 4.79 Å². The molecule has 6 heteroatoms. The van der Waals surface area contributed by atoms with Gasteiger partial charge < -0.3 is 5.11 Å². The molecule has 2 aromatic rings. The maximum Gasteiger partial charge on any atom is 0.313 e. The fourth-order valence-corrected chi connectivity index (χ4v) is 2.56. The molecule has 0 aliphatic rings. The lowest BCUT2D eigenvalue weighted by atomic mass is 10.2. The molecule has 1 aromatic carbocycles. The summed E-state index contributed by atoms with van der Waals surface area (Å²) < 4.78 is 1.94. The molecule has 20 heavy (non-hydrogen) atoms. The first-order valence-electron chi connectivity index (χ1n) is 6.36. The van der Waals surface area contributed by atoms with Crippen molar-refractivity contribution in [1.29, 1.82) is 0 Å². The summed E-state index contributed by atoms with van der Waals surface area (Å²) in [5, 5.41) is 17.8. The van der Waals surface area contributed by atoms with E-state index < -0.39 is 5.97 Å². The number of rotatable bonds is 5. The minimum absolute atomic E-state index is 0.0257. The lowest BCUT2D eigenvalue weighted by molar-refractivity contribution is -0.133. The van der Waals surface area contributed by atoms with Gasteiger partial charge in [-0.05, 0) is 24.6 Å². The van der Waals surface area contributed by atoms with Gasteiger partial charge in [0.2, 0.25) is 0 Å². The third-order valence-corrected chi connectivity index (χ3v) is 3.67. The average Bonchev–Trinajstić information content (AvgIpc) is 2.80. The molecule has 2 rings (SSSR count). The summed E-state index contributed by atoms with van der Waals surface area (Å²) in [6.07, 6.45) is 0. The Morgan fingerprint density at radius 1 is 1.40 bits per heavy atom. The van der Waals surface area contributed by atoms with E-state index in [4.69, 9.17) is 5.11 Å². The highest BCUT2D eigenvalue weighted by molar-refractivity contribution is 7.99. The molecule has 0 saturated heterocycles. The minimum Gasteiger partial charge on any atom is -0.481 e. The van der Waals surface area contributed by atoms with Gasteiger partial charge in [-0.2, -0.15) is 0 Å². The standard InChI is InChI=1S/C14H17N3O2S/c1-9(2)13-15-16-14(20-8-12(18)19)17(13)11-6-4-5-10(3)7-11/h4-7,9H,8H2,1-3H3,(H,18,19). The third-order valence-electron chi connectivity index (χ3n) is 2.76. The Balaban J connectivity index is 2.46. The van der Waals surface area contributed by atoms with Crippen LogP contribution < -0.4 is 0 Å². The molecule has 0 saturated carbocycles. The Kier molecular flexibility index (Phi) is 4.44. The van der Waals surface area contributed by atoms with Crippen molar-refractivity contribution in [1.82, 2.24) is 14.8 Å². The van der Waals surface area contributed by atoms with E-state index in [0.717, 1.165) is 17.1 Å². The number of aryl methyl sites for hydroxylation is 1. The largest absolute Gasteiger partial charge is 0.481 e. The molecule has 0 aliphatic carbocycles. The molecule has 0 spiro atoms. The Morgan fingerprint density at radius 2 is 2.15 bits per heavy atom. The summed E-state index contributed by atoms with van der Waals surface area (Å²) in [5.41, 5.74) is 2.10. The number of benzene rings is 1. The van der Waals surface area contributed by atoms with Crippen molar-refractivity contribution in [2.24, 2.45) is 0 Å². The lowest BCUT2D eigenvalue weighted by Gasteiger charge is -2.12. The molecule has 1 N–H and O–H groups in total. The van der Waals surface area contributed by atoms with E-state index in [-0.39, 0.29) is 11.7 Å². The fraction of sp³-hybridized carbons (Fsp3) is 0.357. The van der Waals surface area contributed by atoms with E-state index in [1.807, 2.05) is 49.6 Å². The second kappa shape index (κ2) is 6.09. The van der Waals surface area contributed by atoms with Gasteiger partial charge in [0.1, 0.15) is 5.82 Å². The number of thioether (sulfide) groups is 1. The SMILES string of the molecule is Cc1cccc(-n2c(SCC(=O)O)nnc2C(C)C)c1. The van der Waals surface area contributed by atoms with Crippen LogP contribution in [0.4, 0.5) is 0 Å². The maximum atomic E-state index is 10.7. The first-order chi connectivity index (χ1) is 9.49. The Bertz CT molecular complexity index is 623. The van der Waals surface area contributed by atoms with Crippen LogP contribution in [0.3, 0.4) is 0 Å². The fourth-order valence-electron chi connectivity index (χ4n) is 1.88. The van der Waals surface area contributed by atoms with E-state index in [2.05, 4.69) is 10.2 Å². The first kappa shape index (κ1) is 14.6. The zero-order valence-electron chi connectivity index (χ0n) is 11.7. The van der Waals surface area contributed by atoms with Crippen LogP contribution in [0.25, 0.3) is 5.69 Å². The zero-order chi connectivity index (χ0) is 14.7. The molecule has 0 aliphatic heterocycles. The monoisotopic (exact) mass is 291 g/mol. The van der Waals surface area contributed by atoms with Crippen molar-refractivity contribution in [3.8, 4) is 5.69 Å². The van der Waals surface area contributed by atoms with Crippen molar-refractivity contribution < 1.29 is 9.90 Å². The van der Waals surface area contributed by atoms with Crippen LogP contribution in [-0.2, 0) is 4.79 Å². The predicted molar refractivity (Wildman–Crippen MR) is 78.5 cm³/mol. The number of carbonyl (C=O) groups is 1. The van der Waals surface area contributed by atoms with Crippen LogP contribution in [0.1, 0.15) is 31.2 Å². The molecule has 0 amide bonds. The number of aliphatic carboxylic acids is 1. The van der Waals surface area contributed by atoms with Crippen LogP contribution in [-0.4, -0.2) is 31.6 Å². The first-order valence-corrected chi connectivity index (χ1v) is 7.34. The topological polar surface area (TPSA) is 68.0 Å². The summed E-state index contributed by atoms with van der Waals surface area (Å²) in [4.78, 5) is 10.7. The number of carboxylic acid groups (broad SMARTS) is 1. The number of carboxylic acids is 1. The molecule has 5 nitrogen and oxygen atoms in total. The molecular formula is C14H17N3O2S. The van der Waals surface area contributed by atoms with Crippen molar-refractivity contribution in [2.75, 3.05) is 5.75 Å². The van der Waals surface area contributed by atoms with Gasteiger partial charge in [0.05, 0.1) is 5.75 Å². The molecule has 0 bridgehead atoms. The molecule has 0 fully saturated rings. The summed E-state index contributed by atoms with van der Waals surface area (Å²) in [6.45, 7) is 6.11. The number of hydrogen-bond donors (Lipinski definition) is 1. The van der Waals surface area contributed by atoms with Crippen LogP contribution in [0.15, 0.2) is 29.4 Å². The summed E-state index contributed by atoms with van der Waals surface area (Å²) in [5.74, 6) is 0.160. The van der Waals surface area contributed by atoms with Gasteiger partial charge >= 0.3 is 5.97 Å². The minimum atomic E-state index is -0.861. The highest BCUT2D eigenvalue weighted by Crippen LogP contribution is 2.26. The van der Waals surface area contributed by atoms with E-state index >= 15 is 0 Å². The average molecular weight is 291 g/mol. The highest BCUT2D eigenvalue weighted by Gasteiger charge is 2.17.